The Morgan fingerprint density at radius 3 is 2.81 bits per heavy atom. The number of hydrogen-bond acceptors (Lipinski definition) is 4. The van der Waals surface area contributed by atoms with E-state index in [4.69, 9.17) is 10.00 Å². The van der Waals surface area contributed by atoms with Crippen LogP contribution in [0.3, 0.4) is 0 Å². The van der Waals surface area contributed by atoms with Crippen molar-refractivity contribution in [2.75, 3.05) is 13.1 Å². The van der Waals surface area contributed by atoms with Gasteiger partial charge >= 0.3 is 6.09 Å². The molecule has 0 aliphatic carbocycles. The van der Waals surface area contributed by atoms with Crippen molar-refractivity contribution in [3.63, 3.8) is 0 Å². The molecule has 6 nitrogen and oxygen atoms in total. The number of amides is 1. The van der Waals surface area contributed by atoms with Crippen LogP contribution in [0.15, 0.2) is 12.3 Å². The number of carbonyl (C=O) groups is 1. The molecule has 84 valence electrons. The van der Waals surface area contributed by atoms with Crippen LogP contribution in [0.4, 0.5) is 4.79 Å². The molecular weight excluding hydrogens is 208 g/mol. The lowest BCUT2D eigenvalue weighted by atomic mass is 10.1. The van der Waals surface area contributed by atoms with Crippen molar-refractivity contribution in [3.05, 3.63) is 12.3 Å². The average Bonchev–Trinajstić information content (AvgIpc) is 2.78. The van der Waals surface area contributed by atoms with E-state index in [1.807, 2.05) is 0 Å². The first-order valence-corrected chi connectivity index (χ1v) is 5.22. The van der Waals surface area contributed by atoms with Crippen LogP contribution in [0.5, 0.6) is 5.88 Å². The summed E-state index contributed by atoms with van der Waals surface area (Å²) in [6.45, 7) is 1.47. The van der Waals surface area contributed by atoms with Crippen LogP contribution < -0.4 is 4.74 Å². The van der Waals surface area contributed by atoms with Crippen LogP contribution >= 0.6 is 0 Å². The molecule has 16 heavy (non-hydrogen) atoms. The third kappa shape index (κ3) is 2.31. The lowest BCUT2D eigenvalue weighted by Crippen LogP contribution is -2.37. The fraction of sp³-hybridized carbons (Fsp3) is 0.500. The standard InChI is InChI=1S/C10H12N4O2/c11-8-14-7-4-9(12-14)16-10(15)13-5-2-1-3-6-13/h4,7H,1-3,5-6H2. The number of aromatic nitrogens is 2. The topological polar surface area (TPSA) is 71.2 Å². The van der Waals surface area contributed by atoms with Gasteiger partial charge in [0, 0.05) is 25.4 Å². The Hall–Kier alpha value is -2.03. The Kier molecular flexibility index (Phi) is 3.05. The molecule has 0 saturated carbocycles. The van der Waals surface area contributed by atoms with Crippen molar-refractivity contribution in [2.45, 2.75) is 19.3 Å². The van der Waals surface area contributed by atoms with Gasteiger partial charge in [0.15, 0.2) is 0 Å². The summed E-state index contributed by atoms with van der Waals surface area (Å²) in [5, 5.41) is 12.3. The number of piperidine rings is 1. The average molecular weight is 220 g/mol. The maximum absolute atomic E-state index is 11.6. The van der Waals surface area contributed by atoms with Crippen molar-refractivity contribution in [3.8, 4) is 12.1 Å². The molecule has 0 atom stereocenters. The minimum absolute atomic E-state index is 0.164. The Balaban J connectivity index is 1.93. The van der Waals surface area contributed by atoms with E-state index in [-0.39, 0.29) is 12.0 Å². The molecule has 1 aliphatic rings. The van der Waals surface area contributed by atoms with Gasteiger partial charge in [-0.3, -0.25) is 0 Å². The molecule has 1 saturated heterocycles. The highest BCUT2D eigenvalue weighted by molar-refractivity contribution is 5.70. The van der Waals surface area contributed by atoms with E-state index in [0.29, 0.717) is 0 Å². The van der Waals surface area contributed by atoms with Gasteiger partial charge in [0.2, 0.25) is 12.1 Å². The molecule has 0 unspecified atom stereocenters. The highest BCUT2D eigenvalue weighted by Crippen LogP contribution is 2.12. The van der Waals surface area contributed by atoms with Gasteiger partial charge in [-0.2, -0.15) is 9.94 Å². The summed E-state index contributed by atoms with van der Waals surface area (Å²) in [4.78, 5) is 13.3. The molecule has 0 bridgehead atoms. The quantitative estimate of drug-likeness (QED) is 0.712. The smallest absolute Gasteiger partial charge is 0.389 e. The van der Waals surface area contributed by atoms with Crippen molar-refractivity contribution in [1.82, 2.24) is 14.7 Å². The predicted octanol–water partition coefficient (Wildman–Crippen LogP) is 1.20. The Morgan fingerprint density at radius 1 is 1.44 bits per heavy atom. The molecule has 0 N–H and O–H groups in total. The fourth-order valence-electron chi connectivity index (χ4n) is 1.65. The van der Waals surface area contributed by atoms with Gasteiger partial charge in [-0.1, -0.05) is 0 Å². The second-order valence-electron chi connectivity index (χ2n) is 3.61. The Labute approximate surface area is 93.0 Å². The molecule has 2 heterocycles. The summed E-state index contributed by atoms with van der Waals surface area (Å²) in [6, 6.07) is 1.49. The maximum atomic E-state index is 11.6. The third-order valence-electron chi connectivity index (χ3n) is 2.47. The zero-order valence-corrected chi connectivity index (χ0v) is 8.80. The zero-order valence-electron chi connectivity index (χ0n) is 8.80. The van der Waals surface area contributed by atoms with Gasteiger partial charge in [-0.25, -0.2) is 4.79 Å². The van der Waals surface area contributed by atoms with E-state index in [0.717, 1.165) is 37.0 Å². The minimum Gasteiger partial charge on any atom is -0.389 e. The van der Waals surface area contributed by atoms with Gasteiger partial charge in [0.05, 0.1) is 0 Å². The number of carbonyl (C=O) groups excluding carboxylic acids is 1. The molecule has 6 heteroatoms. The van der Waals surface area contributed by atoms with E-state index in [2.05, 4.69) is 5.10 Å². The van der Waals surface area contributed by atoms with Crippen molar-refractivity contribution >= 4 is 6.09 Å². The second kappa shape index (κ2) is 4.66. The second-order valence-corrected chi connectivity index (χ2v) is 3.61. The number of likely N-dealkylation sites (tertiary alicyclic amines) is 1. The summed E-state index contributed by atoms with van der Waals surface area (Å²) in [5.41, 5.74) is 0. The van der Waals surface area contributed by atoms with E-state index >= 15 is 0 Å². The molecule has 1 aromatic rings. The summed E-state index contributed by atoms with van der Waals surface area (Å²) >= 11 is 0. The normalized spacial score (nSPS) is 15.6. The number of nitrogens with zero attached hydrogens (tertiary/aromatic N) is 4. The summed E-state index contributed by atoms with van der Waals surface area (Å²) in [7, 11) is 0. The van der Waals surface area contributed by atoms with Crippen molar-refractivity contribution < 1.29 is 9.53 Å². The summed E-state index contributed by atoms with van der Waals surface area (Å²) in [6.07, 6.45) is 6.05. The number of hydrogen-bond donors (Lipinski definition) is 0. The summed E-state index contributed by atoms with van der Waals surface area (Å²) in [5.74, 6) is 0.164. The van der Waals surface area contributed by atoms with Crippen molar-refractivity contribution in [2.24, 2.45) is 0 Å². The molecule has 1 amide bonds. The van der Waals surface area contributed by atoms with Gasteiger partial charge in [0.1, 0.15) is 0 Å². The lowest BCUT2D eigenvalue weighted by Gasteiger charge is -2.25. The molecule has 0 spiro atoms. The molecule has 1 aromatic heterocycles. The van der Waals surface area contributed by atoms with Crippen LogP contribution in [0.2, 0.25) is 0 Å². The fourth-order valence-corrected chi connectivity index (χ4v) is 1.65. The molecule has 2 rings (SSSR count). The van der Waals surface area contributed by atoms with Gasteiger partial charge in [-0.15, -0.1) is 5.10 Å². The van der Waals surface area contributed by atoms with E-state index in [1.165, 1.54) is 12.3 Å². The highest BCUT2D eigenvalue weighted by atomic mass is 16.6. The minimum atomic E-state index is -0.386. The van der Waals surface area contributed by atoms with E-state index < -0.39 is 0 Å². The largest absolute Gasteiger partial charge is 0.416 e. The van der Waals surface area contributed by atoms with Crippen molar-refractivity contribution in [1.29, 1.82) is 5.26 Å². The first-order chi connectivity index (χ1) is 7.79. The predicted molar refractivity (Wildman–Crippen MR) is 54.7 cm³/mol. The lowest BCUT2D eigenvalue weighted by molar-refractivity contribution is 0.140. The Morgan fingerprint density at radius 2 is 2.19 bits per heavy atom. The SMILES string of the molecule is N#Cn1ccc(OC(=O)N2CCCCC2)n1. The van der Waals surface area contributed by atoms with Gasteiger partial charge < -0.3 is 9.64 Å². The molecule has 1 aliphatic heterocycles. The van der Waals surface area contributed by atoms with Crippen LogP contribution in [0.25, 0.3) is 0 Å². The monoisotopic (exact) mass is 220 g/mol. The first kappa shape index (κ1) is 10.5. The molecular formula is C10H12N4O2. The Bertz CT molecular complexity index is 415. The van der Waals surface area contributed by atoms with Crippen LogP contribution in [-0.2, 0) is 0 Å². The van der Waals surface area contributed by atoms with Gasteiger partial charge in [-0.05, 0) is 19.3 Å². The summed E-state index contributed by atoms with van der Waals surface area (Å²) < 4.78 is 6.08. The van der Waals surface area contributed by atoms with Crippen LogP contribution in [0.1, 0.15) is 19.3 Å². The maximum Gasteiger partial charge on any atom is 0.416 e. The number of nitriles is 1. The van der Waals surface area contributed by atoms with Crippen LogP contribution in [0, 0.1) is 11.5 Å². The molecule has 1 fully saturated rings. The van der Waals surface area contributed by atoms with E-state index in [9.17, 15) is 4.79 Å². The van der Waals surface area contributed by atoms with E-state index in [1.54, 1.807) is 11.1 Å². The van der Waals surface area contributed by atoms with Gasteiger partial charge in [0.25, 0.3) is 0 Å². The molecule has 0 radical (unpaired) electrons. The first-order valence-electron chi connectivity index (χ1n) is 5.22. The third-order valence-corrected chi connectivity index (χ3v) is 2.47. The highest BCUT2D eigenvalue weighted by Gasteiger charge is 2.19. The van der Waals surface area contributed by atoms with Crippen LogP contribution in [-0.4, -0.2) is 33.9 Å². The number of ether oxygens (including phenoxy) is 1. The zero-order chi connectivity index (χ0) is 11.4. The number of rotatable bonds is 1. The molecule has 0 aromatic carbocycles.